The Bertz CT molecular complexity index is 1440. The zero-order chi connectivity index (χ0) is 25.4. The summed E-state index contributed by atoms with van der Waals surface area (Å²) >= 11 is 0. The average molecular weight is 502 g/mol. The molecule has 2 fully saturated rings. The van der Waals surface area contributed by atoms with Crippen LogP contribution in [0.2, 0.25) is 0 Å². The summed E-state index contributed by atoms with van der Waals surface area (Å²) in [5.41, 5.74) is 3.14. The summed E-state index contributed by atoms with van der Waals surface area (Å²) in [6, 6.07) is 19.1. The van der Waals surface area contributed by atoms with Gasteiger partial charge in [-0.05, 0) is 79.6 Å². The van der Waals surface area contributed by atoms with E-state index in [4.69, 9.17) is 9.72 Å². The molecule has 7 heteroatoms. The van der Waals surface area contributed by atoms with Crippen LogP contribution in [0.4, 0.5) is 8.78 Å². The Morgan fingerprint density at radius 1 is 0.946 bits per heavy atom. The van der Waals surface area contributed by atoms with Gasteiger partial charge in [0.2, 0.25) is 0 Å². The first kappa shape index (κ1) is 23.6. The van der Waals surface area contributed by atoms with Crippen molar-refractivity contribution >= 4 is 16.9 Å². The molecule has 0 N–H and O–H groups in total. The molecule has 0 radical (unpaired) electrons. The maximum atomic E-state index is 14.6. The number of amides is 1. The molecule has 1 aliphatic heterocycles. The van der Waals surface area contributed by atoms with Crippen molar-refractivity contribution in [2.75, 3.05) is 19.7 Å². The molecule has 2 heterocycles. The fourth-order valence-corrected chi connectivity index (χ4v) is 5.16. The zero-order valence-electron chi connectivity index (χ0n) is 20.6. The summed E-state index contributed by atoms with van der Waals surface area (Å²) in [6.45, 7) is 2.19. The summed E-state index contributed by atoms with van der Waals surface area (Å²) < 4.78 is 36.1. The molecule has 6 rings (SSSR count). The number of ether oxygens (including phenoxy) is 1. The van der Waals surface area contributed by atoms with Gasteiger partial charge in [0.25, 0.3) is 5.91 Å². The Labute approximate surface area is 214 Å². The van der Waals surface area contributed by atoms with E-state index in [1.165, 1.54) is 12.1 Å². The van der Waals surface area contributed by atoms with Gasteiger partial charge in [-0.3, -0.25) is 4.79 Å². The molecule has 1 amide bonds. The molecular formula is C30H29F2N3O2. The lowest BCUT2D eigenvalue weighted by Crippen LogP contribution is -2.38. The first-order valence-electron chi connectivity index (χ1n) is 13.0. The number of fused-ring (bicyclic) bond motifs is 1. The van der Waals surface area contributed by atoms with E-state index in [9.17, 15) is 13.6 Å². The summed E-state index contributed by atoms with van der Waals surface area (Å²) in [5, 5.41) is 0. The second kappa shape index (κ2) is 9.96. The first-order valence-corrected chi connectivity index (χ1v) is 13.0. The second-order valence-electron chi connectivity index (χ2n) is 10.1. The highest BCUT2D eigenvalue weighted by molar-refractivity contribution is 5.94. The Morgan fingerprint density at radius 2 is 1.76 bits per heavy atom. The first-order chi connectivity index (χ1) is 18.0. The number of likely N-dealkylation sites (tertiary alicyclic amines) is 1. The highest BCUT2D eigenvalue weighted by Crippen LogP contribution is 2.33. The molecule has 1 saturated carbocycles. The van der Waals surface area contributed by atoms with E-state index < -0.39 is 5.82 Å². The van der Waals surface area contributed by atoms with Crippen LogP contribution in [0.25, 0.3) is 11.0 Å². The minimum absolute atomic E-state index is 0.167. The normalized spacial score (nSPS) is 16.3. The van der Waals surface area contributed by atoms with Crippen LogP contribution in [-0.2, 0) is 6.54 Å². The van der Waals surface area contributed by atoms with Crippen molar-refractivity contribution in [1.82, 2.24) is 14.5 Å². The van der Waals surface area contributed by atoms with Crippen LogP contribution < -0.4 is 4.74 Å². The van der Waals surface area contributed by atoms with Gasteiger partial charge in [-0.1, -0.05) is 24.3 Å². The van der Waals surface area contributed by atoms with Crippen LogP contribution in [-0.4, -0.2) is 40.1 Å². The maximum Gasteiger partial charge on any atom is 0.253 e. The van der Waals surface area contributed by atoms with Crippen LogP contribution in [0.15, 0.2) is 66.7 Å². The van der Waals surface area contributed by atoms with Gasteiger partial charge in [0.15, 0.2) is 11.6 Å². The molecule has 0 bridgehead atoms. The molecule has 1 saturated heterocycles. The molecule has 0 atom stereocenters. The minimum atomic E-state index is -0.493. The number of aromatic nitrogens is 2. The molecule has 0 spiro atoms. The van der Waals surface area contributed by atoms with Crippen molar-refractivity contribution in [2.45, 2.75) is 38.1 Å². The third-order valence-corrected chi connectivity index (χ3v) is 7.41. The third-order valence-electron chi connectivity index (χ3n) is 7.41. The predicted octanol–water partition coefficient (Wildman–Crippen LogP) is 6.17. The Balaban J connectivity index is 1.17. The van der Waals surface area contributed by atoms with Gasteiger partial charge >= 0.3 is 0 Å². The number of hydrogen-bond acceptors (Lipinski definition) is 3. The summed E-state index contributed by atoms with van der Waals surface area (Å²) in [6.07, 6.45) is 3.77. The van der Waals surface area contributed by atoms with Crippen LogP contribution in [0.3, 0.4) is 0 Å². The molecule has 1 aliphatic carbocycles. The van der Waals surface area contributed by atoms with Crippen molar-refractivity contribution < 1.29 is 18.3 Å². The van der Waals surface area contributed by atoms with Gasteiger partial charge in [0, 0.05) is 31.1 Å². The number of hydrogen-bond donors (Lipinski definition) is 0. The fourth-order valence-electron chi connectivity index (χ4n) is 5.16. The summed E-state index contributed by atoms with van der Waals surface area (Å²) in [5.74, 6) is 0.949. The lowest BCUT2D eigenvalue weighted by Gasteiger charge is -2.32. The molecule has 4 aromatic rings. The van der Waals surface area contributed by atoms with E-state index in [1.807, 2.05) is 30.3 Å². The monoisotopic (exact) mass is 501 g/mol. The number of carbonyl (C=O) groups excluding carboxylic acids is 1. The molecule has 37 heavy (non-hydrogen) atoms. The Kier molecular flexibility index (Phi) is 6.37. The molecule has 5 nitrogen and oxygen atoms in total. The number of rotatable bonds is 7. The van der Waals surface area contributed by atoms with Gasteiger partial charge in [0.05, 0.1) is 17.6 Å². The van der Waals surface area contributed by atoms with Crippen molar-refractivity contribution in [2.24, 2.45) is 5.92 Å². The van der Waals surface area contributed by atoms with Crippen molar-refractivity contribution in [3.63, 3.8) is 0 Å². The topological polar surface area (TPSA) is 47.4 Å². The number of nitrogens with zero attached hydrogens (tertiary/aromatic N) is 3. The van der Waals surface area contributed by atoms with Crippen LogP contribution in [0.5, 0.6) is 5.75 Å². The predicted molar refractivity (Wildman–Crippen MR) is 138 cm³/mol. The quantitative estimate of drug-likeness (QED) is 0.304. The number of halogens is 2. The fraction of sp³-hybridized carbons (Fsp3) is 0.333. The summed E-state index contributed by atoms with van der Waals surface area (Å²) in [7, 11) is 0. The maximum absolute atomic E-state index is 14.6. The smallest absolute Gasteiger partial charge is 0.253 e. The van der Waals surface area contributed by atoms with E-state index >= 15 is 0 Å². The highest BCUT2D eigenvalue weighted by atomic mass is 19.1. The van der Waals surface area contributed by atoms with Gasteiger partial charge in [-0.15, -0.1) is 0 Å². The third kappa shape index (κ3) is 5.08. The zero-order valence-corrected chi connectivity index (χ0v) is 20.6. The largest absolute Gasteiger partial charge is 0.490 e. The average Bonchev–Trinajstić information content (AvgIpc) is 3.68. The van der Waals surface area contributed by atoms with E-state index in [1.54, 1.807) is 29.2 Å². The molecule has 0 unspecified atom stereocenters. The summed E-state index contributed by atoms with van der Waals surface area (Å²) in [4.78, 5) is 19.9. The highest BCUT2D eigenvalue weighted by Gasteiger charge is 2.29. The van der Waals surface area contributed by atoms with E-state index in [0.717, 1.165) is 48.1 Å². The number of imidazole rings is 1. The standard InChI is InChI=1S/C30H29F2N3O2/c31-24-5-3-4-21(16-24)18-35-27-7-2-1-6-26(27)33-29(35)22-12-14-34(15-13-22)30(36)23-10-11-28(25(32)17-23)37-19-20-8-9-20/h1-7,10-11,16-17,20,22H,8-9,12-15,18-19H2. The minimum Gasteiger partial charge on any atom is -0.490 e. The Hall–Kier alpha value is -3.74. The van der Waals surface area contributed by atoms with Crippen molar-refractivity contribution in [3.8, 4) is 5.75 Å². The van der Waals surface area contributed by atoms with E-state index in [2.05, 4.69) is 4.57 Å². The van der Waals surface area contributed by atoms with Crippen molar-refractivity contribution in [1.29, 1.82) is 0 Å². The Morgan fingerprint density at radius 3 is 2.51 bits per heavy atom. The van der Waals surface area contributed by atoms with Gasteiger partial charge in [-0.25, -0.2) is 13.8 Å². The van der Waals surface area contributed by atoms with Gasteiger partial charge in [-0.2, -0.15) is 0 Å². The lowest BCUT2D eigenvalue weighted by molar-refractivity contribution is 0.0710. The second-order valence-corrected chi connectivity index (χ2v) is 10.1. The van der Waals surface area contributed by atoms with Crippen molar-refractivity contribution in [3.05, 3.63) is 95.3 Å². The molecule has 1 aromatic heterocycles. The van der Waals surface area contributed by atoms with E-state index in [-0.39, 0.29) is 23.4 Å². The molecular weight excluding hydrogens is 472 g/mol. The van der Waals surface area contributed by atoms with Gasteiger partial charge < -0.3 is 14.2 Å². The number of benzene rings is 3. The number of carbonyl (C=O) groups is 1. The molecule has 2 aliphatic rings. The van der Waals surface area contributed by atoms with Crippen LogP contribution in [0.1, 0.15) is 53.3 Å². The van der Waals surface area contributed by atoms with Crippen LogP contribution >= 0.6 is 0 Å². The SMILES string of the molecule is O=C(c1ccc(OCC2CC2)c(F)c1)N1CCC(c2nc3ccccc3n2Cc2cccc(F)c2)CC1. The number of para-hydroxylation sites is 2. The molecule has 190 valence electrons. The lowest BCUT2D eigenvalue weighted by atomic mass is 9.95. The van der Waals surface area contributed by atoms with Crippen LogP contribution in [0, 0.1) is 17.6 Å². The number of piperidine rings is 1. The molecule has 3 aromatic carbocycles. The van der Waals surface area contributed by atoms with E-state index in [0.29, 0.717) is 37.7 Å². The van der Waals surface area contributed by atoms with Gasteiger partial charge in [0.1, 0.15) is 11.6 Å².